The number of carbonyl (C=O) groups excluding carboxylic acids is 4. The number of rotatable bonds is 21. The summed E-state index contributed by atoms with van der Waals surface area (Å²) in [6.45, 7) is 12.4. The van der Waals surface area contributed by atoms with Gasteiger partial charge >= 0.3 is 6.18 Å². The highest BCUT2D eigenvalue weighted by molar-refractivity contribution is 7.81. The number of unbranched alkanes of at least 4 members (excludes halogenated alkanes) is 2. The van der Waals surface area contributed by atoms with Crippen LogP contribution in [0, 0.1) is 29.5 Å². The average molecular weight is 1060 g/mol. The maximum absolute atomic E-state index is 15.4. The summed E-state index contributed by atoms with van der Waals surface area (Å²) in [6.07, 6.45) is -0.0230. The highest BCUT2D eigenvalue weighted by Crippen LogP contribution is 2.43. The first kappa shape index (κ1) is 55.5. The number of likely N-dealkylation sites (tertiary alicyclic amines) is 1. The Balaban J connectivity index is 0.861. The van der Waals surface area contributed by atoms with E-state index < -0.39 is 63.7 Å². The lowest BCUT2D eigenvalue weighted by molar-refractivity contribution is -0.144. The summed E-state index contributed by atoms with van der Waals surface area (Å²) in [5.41, 5.74) is -0.743. The van der Waals surface area contributed by atoms with Crippen molar-refractivity contribution in [3.8, 4) is 22.4 Å². The molecule has 6 rings (SSSR count). The van der Waals surface area contributed by atoms with E-state index in [0.717, 1.165) is 46.7 Å². The van der Waals surface area contributed by atoms with Crippen LogP contribution in [0.5, 0.6) is 5.88 Å². The summed E-state index contributed by atoms with van der Waals surface area (Å²) in [6, 6.07) is 10.9. The van der Waals surface area contributed by atoms with E-state index in [-0.39, 0.29) is 46.7 Å². The Bertz CT molecular complexity index is 2670. The molecule has 0 aliphatic carbocycles. The van der Waals surface area contributed by atoms with Gasteiger partial charge in [-0.25, -0.2) is 14.4 Å². The van der Waals surface area contributed by atoms with E-state index in [0.29, 0.717) is 63.5 Å². The maximum atomic E-state index is 15.4. The summed E-state index contributed by atoms with van der Waals surface area (Å²) >= 11 is 13.7. The van der Waals surface area contributed by atoms with E-state index in [1.165, 1.54) is 37.1 Å². The van der Waals surface area contributed by atoms with Crippen LogP contribution in [-0.2, 0) is 41.4 Å². The molecule has 4 amide bonds. The van der Waals surface area contributed by atoms with Gasteiger partial charge in [0.25, 0.3) is 5.91 Å². The molecule has 0 bridgehead atoms. The Kier molecular flexibility index (Phi) is 18.4. The molecular weight excluding hydrogens is 1000 g/mol. The van der Waals surface area contributed by atoms with Crippen LogP contribution in [0.15, 0.2) is 54.2 Å². The molecule has 22 heteroatoms. The molecule has 2 atom stereocenters. The maximum Gasteiger partial charge on any atom is 0.420 e. The van der Waals surface area contributed by atoms with Gasteiger partial charge in [0.1, 0.15) is 29.8 Å². The lowest BCUT2D eigenvalue weighted by Gasteiger charge is -2.35. The zero-order chi connectivity index (χ0) is 52.5. The zero-order valence-electron chi connectivity index (χ0n) is 40.8. The SMILES string of the molecule is Cc1ncsc1-c1ccc(CNC(=O)[C@@H]2CCCN2C(=O)[C@@H](NC(=O)COCCCOCCCCCOc2cc(Cl)c(N3C(=S)N(c4ccc(C#N)c(C(F)(F)F)c4F)C(=O)C3(C)C)cn2)C(C)(C)C)cc1. The number of nitrogens with one attached hydrogen (secondary N) is 2. The Morgan fingerprint density at radius 1 is 1.00 bits per heavy atom. The van der Waals surface area contributed by atoms with Gasteiger partial charge in [-0.1, -0.05) is 56.6 Å². The second-order valence-corrected chi connectivity index (χ2v) is 20.5. The summed E-state index contributed by atoms with van der Waals surface area (Å²) < 4.78 is 73.7. The Morgan fingerprint density at radius 2 is 1.69 bits per heavy atom. The standard InChI is InChI=1S/C50H57ClF4N8O7S2/c1-30-42(72-29-59-30)32-15-13-31(14-16-32)26-58-44(65)36-12-10-19-61(36)45(66)43(48(2,3)4)60-38(64)28-69-22-11-21-68-20-8-7-9-23-70-39-24-34(51)37(27-57-39)63-47(71)62(46(67)49(63,5)6)35-18-17-33(25-56)40(41(35)52)50(53,54)55/h13-18,24,27,29,36,43H,7-12,19-23,26,28H2,1-6H3,(H,58,65)(H,60,64)/t36-,43+/m0/s1. The normalized spacial score (nSPS) is 16.2. The average Bonchev–Trinajstić information content (AvgIpc) is 4.04. The van der Waals surface area contributed by atoms with Gasteiger partial charge in [-0.3, -0.25) is 24.1 Å². The molecule has 2 fully saturated rings. The molecule has 0 radical (unpaired) electrons. The van der Waals surface area contributed by atoms with Crippen LogP contribution < -0.4 is 25.2 Å². The van der Waals surface area contributed by atoms with Crippen molar-refractivity contribution in [2.24, 2.45) is 5.41 Å². The van der Waals surface area contributed by atoms with Crippen molar-refractivity contribution in [3.63, 3.8) is 0 Å². The number of thiocarbonyl (C=S) groups is 1. The number of thiazole rings is 1. The number of benzene rings is 2. The minimum Gasteiger partial charge on any atom is -0.478 e. The molecule has 2 saturated heterocycles. The molecule has 2 aliphatic rings. The second-order valence-electron chi connectivity index (χ2n) is 18.9. The Morgan fingerprint density at radius 3 is 2.35 bits per heavy atom. The molecule has 2 aliphatic heterocycles. The van der Waals surface area contributed by atoms with Crippen molar-refractivity contribution in [1.29, 1.82) is 5.26 Å². The van der Waals surface area contributed by atoms with Gasteiger partial charge < -0.3 is 34.6 Å². The van der Waals surface area contributed by atoms with Crippen molar-refractivity contribution < 1.29 is 51.0 Å². The molecule has 0 unspecified atom stereocenters. The minimum absolute atomic E-state index is 0.0646. The molecule has 0 spiro atoms. The van der Waals surface area contributed by atoms with E-state index >= 15 is 4.39 Å². The number of aryl methyl sites for hydroxylation is 1. The molecule has 4 aromatic rings. The minimum atomic E-state index is -5.21. The molecule has 72 heavy (non-hydrogen) atoms. The Labute approximate surface area is 430 Å². The van der Waals surface area contributed by atoms with E-state index in [2.05, 4.69) is 20.6 Å². The van der Waals surface area contributed by atoms with Crippen molar-refractivity contribution >= 4 is 75.3 Å². The van der Waals surface area contributed by atoms with Crippen molar-refractivity contribution in [1.82, 2.24) is 25.5 Å². The number of ether oxygens (including phenoxy) is 3. The van der Waals surface area contributed by atoms with E-state index in [1.54, 1.807) is 16.2 Å². The smallest absolute Gasteiger partial charge is 0.420 e. The van der Waals surface area contributed by atoms with Gasteiger partial charge in [0.05, 0.1) is 56.9 Å². The number of nitriles is 1. The number of carbonyl (C=O) groups is 4. The predicted octanol–water partition coefficient (Wildman–Crippen LogP) is 8.92. The number of hydrogen-bond donors (Lipinski definition) is 2. The fourth-order valence-electron chi connectivity index (χ4n) is 8.34. The van der Waals surface area contributed by atoms with Crippen LogP contribution >= 0.6 is 35.2 Å². The zero-order valence-corrected chi connectivity index (χ0v) is 43.2. The van der Waals surface area contributed by atoms with E-state index in [9.17, 15) is 32.3 Å². The van der Waals surface area contributed by atoms with Crippen molar-refractivity contribution in [2.75, 3.05) is 49.4 Å². The molecule has 386 valence electrons. The fraction of sp³-hybridized carbons (Fsp3) is 0.480. The molecular formula is C50H57ClF4N8O7S2. The molecule has 2 aromatic heterocycles. The van der Waals surface area contributed by atoms with Crippen LogP contribution in [-0.4, -0.2) is 101 Å². The second kappa shape index (κ2) is 23.8. The van der Waals surface area contributed by atoms with Crippen LogP contribution in [0.3, 0.4) is 0 Å². The van der Waals surface area contributed by atoms with Gasteiger partial charge in [-0.2, -0.15) is 18.4 Å². The van der Waals surface area contributed by atoms with E-state index in [1.807, 2.05) is 57.5 Å². The molecule has 4 heterocycles. The van der Waals surface area contributed by atoms with Gasteiger partial charge in [-0.15, -0.1) is 11.3 Å². The van der Waals surface area contributed by atoms with Gasteiger partial charge in [0.15, 0.2) is 10.9 Å². The first-order valence-corrected chi connectivity index (χ1v) is 25.0. The van der Waals surface area contributed by atoms with Gasteiger partial charge in [-0.05, 0) is 100 Å². The molecule has 0 saturated carbocycles. The largest absolute Gasteiger partial charge is 0.478 e. The van der Waals surface area contributed by atoms with Crippen molar-refractivity contribution in [3.05, 3.63) is 87.4 Å². The summed E-state index contributed by atoms with van der Waals surface area (Å²) in [4.78, 5) is 67.0. The number of hydrogen-bond acceptors (Lipinski definition) is 12. The monoisotopic (exact) mass is 1060 g/mol. The van der Waals surface area contributed by atoms with Crippen molar-refractivity contribution in [2.45, 2.75) is 110 Å². The quantitative estimate of drug-likeness (QED) is 0.0461. The number of amides is 4. The van der Waals surface area contributed by atoms with E-state index in [4.69, 9.17) is 43.3 Å². The number of halogens is 5. The summed E-state index contributed by atoms with van der Waals surface area (Å²) in [7, 11) is 0. The Hall–Kier alpha value is -5.79. The predicted molar refractivity (Wildman–Crippen MR) is 268 cm³/mol. The third kappa shape index (κ3) is 13.1. The number of alkyl halides is 3. The first-order valence-electron chi connectivity index (χ1n) is 23.4. The molecule has 2 aromatic carbocycles. The number of aromatic nitrogens is 2. The highest BCUT2D eigenvalue weighted by Gasteiger charge is 2.52. The summed E-state index contributed by atoms with van der Waals surface area (Å²) in [5.74, 6) is -3.45. The van der Waals surface area contributed by atoms with Gasteiger partial charge in [0, 0.05) is 39.0 Å². The summed E-state index contributed by atoms with van der Waals surface area (Å²) in [5, 5.41) is 14.7. The lowest BCUT2D eigenvalue weighted by atomic mass is 9.85. The first-order chi connectivity index (χ1) is 34.1. The third-order valence-corrected chi connectivity index (χ3v) is 13.8. The molecule has 15 nitrogen and oxygen atoms in total. The van der Waals surface area contributed by atoms with Crippen LogP contribution in [0.4, 0.5) is 28.9 Å². The highest BCUT2D eigenvalue weighted by atomic mass is 35.5. The number of nitrogens with zero attached hydrogens (tertiary/aromatic N) is 6. The number of anilines is 2. The third-order valence-electron chi connectivity index (χ3n) is 12.2. The lowest BCUT2D eigenvalue weighted by Crippen LogP contribution is -2.58. The topological polar surface area (TPSA) is 179 Å². The van der Waals surface area contributed by atoms with Crippen LogP contribution in [0.25, 0.3) is 10.4 Å². The van der Waals surface area contributed by atoms with Crippen LogP contribution in [0.1, 0.15) is 95.5 Å². The fourth-order valence-corrected chi connectivity index (χ4v) is 9.89. The number of pyridine rings is 1. The molecule has 2 N–H and O–H groups in total. The van der Waals surface area contributed by atoms with Gasteiger partial charge in [0.2, 0.25) is 23.6 Å². The van der Waals surface area contributed by atoms with Crippen LogP contribution in [0.2, 0.25) is 5.02 Å².